The van der Waals surface area contributed by atoms with Gasteiger partial charge in [-0.25, -0.2) is 0 Å². The highest BCUT2D eigenvalue weighted by Gasteiger charge is 2.03. The summed E-state index contributed by atoms with van der Waals surface area (Å²) in [6.45, 7) is 4.74. The van der Waals surface area contributed by atoms with E-state index >= 15 is 0 Å². The normalized spacial score (nSPS) is 14.7. The van der Waals surface area contributed by atoms with Crippen molar-refractivity contribution in [2.45, 2.75) is 39.2 Å². The molecule has 0 spiro atoms. The number of rotatable bonds is 6. The summed E-state index contributed by atoms with van der Waals surface area (Å²) in [6.07, 6.45) is 3.36. The van der Waals surface area contributed by atoms with Crippen molar-refractivity contribution in [3.05, 3.63) is 0 Å². The van der Waals surface area contributed by atoms with E-state index < -0.39 is 0 Å². The number of nitrogens with two attached hydrogens (primary N) is 1. The van der Waals surface area contributed by atoms with Crippen LogP contribution in [-0.2, 0) is 0 Å². The van der Waals surface area contributed by atoms with E-state index in [0.717, 1.165) is 19.3 Å². The molecule has 0 amide bonds. The van der Waals surface area contributed by atoms with E-state index in [9.17, 15) is 0 Å². The van der Waals surface area contributed by atoms with Crippen LogP contribution in [0.4, 0.5) is 0 Å². The van der Waals surface area contributed by atoms with Crippen molar-refractivity contribution in [3.63, 3.8) is 0 Å². The second-order valence-electron chi connectivity index (χ2n) is 2.87. The minimum atomic E-state index is 0.240. The summed E-state index contributed by atoms with van der Waals surface area (Å²) in [5.41, 5.74) is 5.31. The van der Waals surface area contributed by atoms with E-state index in [2.05, 4.69) is 24.3 Å². The number of nitrogens with zero attached hydrogens (tertiary/aromatic N) is 1. The second-order valence-corrected chi connectivity index (χ2v) is 2.87. The van der Waals surface area contributed by atoms with Crippen molar-refractivity contribution in [2.75, 3.05) is 6.54 Å². The maximum Gasteiger partial charge on any atom is 0.153 e. The zero-order valence-electron chi connectivity index (χ0n) is 7.88. The highest BCUT2D eigenvalue weighted by atomic mass is 16.4. The van der Waals surface area contributed by atoms with Crippen molar-refractivity contribution in [2.24, 2.45) is 10.9 Å². The highest BCUT2D eigenvalue weighted by molar-refractivity contribution is 5.81. The SMILES string of the molecule is CCCC(CC)NCC(N)=NO. The lowest BCUT2D eigenvalue weighted by molar-refractivity contribution is 0.316. The maximum atomic E-state index is 8.27. The average Bonchev–Trinajstić information content (AvgIpc) is 2.11. The van der Waals surface area contributed by atoms with Crippen LogP contribution in [0.1, 0.15) is 33.1 Å². The van der Waals surface area contributed by atoms with Gasteiger partial charge in [-0.15, -0.1) is 0 Å². The molecule has 0 saturated heterocycles. The summed E-state index contributed by atoms with van der Waals surface area (Å²) >= 11 is 0. The van der Waals surface area contributed by atoms with E-state index in [4.69, 9.17) is 10.9 Å². The van der Waals surface area contributed by atoms with E-state index in [1.54, 1.807) is 0 Å². The Labute approximate surface area is 73.8 Å². The minimum Gasteiger partial charge on any atom is -0.409 e. The predicted molar refractivity (Wildman–Crippen MR) is 50.4 cm³/mol. The standard InChI is InChI=1S/C8H19N3O/c1-3-5-7(4-2)10-6-8(9)11-12/h7,10,12H,3-6H2,1-2H3,(H2,9,11). The smallest absolute Gasteiger partial charge is 0.153 e. The molecule has 12 heavy (non-hydrogen) atoms. The van der Waals surface area contributed by atoms with E-state index in [1.165, 1.54) is 0 Å². The minimum absolute atomic E-state index is 0.240. The van der Waals surface area contributed by atoms with E-state index in [0.29, 0.717) is 12.6 Å². The molecule has 4 nitrogen and oxygen atoms in total. The molecule has 0 aliphatic rings. The first kappa shape index (κ1) is 11.2. The Morgan fingerprint density at radius 2 is 2.25 bits per heavy atom. The Hall–Kier alpha value is -0.770. The molecule has 0 heterocycles. The Balaban J connectivity index is 3.57. The molecule has 0 saturated carbocycles. The maximum absolute atomic E-state index is 8.27. The van der Waals surface area contributed by atoms with E-state index in [1.807, 2.05) is 0 Å². The Morgan fingerprint density at radius 1 is 1.58 bits per heavy atom. The lowest BCUT2D eigenvalue weighted by Gasteiger charge is -2.14. The summed E-state index contributed by atoms with van der Waals surface area (Å²) in [7, 11) is 0. The zero-order chi connectivity index (χ0) is 9.40. The van der Waals surface area contributed by atoms with Crippen molar-refractivity contribution < 1.29 is 5.21 Å². The Kier molecular flexibility index (Phi) is 6.47. The second kappa shape index (κ2) is 6.91. The Morgan fingerprint density at radius 3 is 2.67 bits per heavy atom. The molecule has 0 aliphatic carbocycles. The fourth-order valence-corrected chi connectivity index (χ4v) is 1.08. The van der Waals surface area contributed by atoms with Gasteiger partial charge in [-0.2, -0.15) is 0 Å². The summed E-state index contributed by atoms with van der Waals surface area (Å²) < 4.78 is 0. The molecule has 0 fully saturated rings. The van der Waals surface area contributed by atoms with Gasteiger partial charge in [0.15, 0.2) is 5.84 Å². The van der Waals surface area contributed by atoms with Crippen molar-refractivity contribution in [1.82, 2.24) is 5.32 Å². The number of hydrogen-bond acceptors (Lipinski definition) is 3. The fraction of sp³-hybridized carbons (Fsp3) is 0.875. The zero-order valence-corrected chi connectivity index (χ0v) is 7.88. The molecular weight excluding hydrogens is 154 g/mol. The third-order valence-electron chi connectivity index (χ3n) is 1.83. The van der Waals surface area contributed by atoms with Crippen molar-refractivity contribution in [1.29, 1.82) is 0 Å². The summed E-state index contributed by atoms with van der Waals surface area (Å²) in [5, 5.41) is 14.4. The molecule has 1 atom stereocenters. The van der Waals surface area contributed by atoms with E-state index in [-0.39, 0.29) is 5.84 Å². The molecule has 0 radical (unpaired) electrons. The lowest BCUT2D eigenvalue weighted by atomic mass is 10.1. The monoisotopic (exact) mass is 173 g/mol. The molecule has 0 aromatic carbocycles. The average molecular weight is 173 g/mol. The van der Waals surface area contributed by atoms with Crippen LogP contribution in [0.15, 0.2) is 5.16 Å². The molecule has 0 aromatic rings. The van der Waals surface area contributed by atoms with Crippen molar-refractivity contribution >= 4 is 5.84 Å². The molecule has 72 valence electrons. The van der Waals surface area contributed by atoms with Gasteiger partial charge in [0.2, 0.25) is 0 Å². The number of oxime groups is 1. The van der Waals surface area contributed by atoms with Gasteiger partial charge in [-0.3, -0.25) is 0 Å². The molecular formula is C8H19N3O. The van der Waals surface area contributed by atoms with Crippen LogP contribution in [0, 0.1) is 0 Å². The first-order chi connectivity index (χ1) is 5.74. The fourth-order valence-electron chi connectivity index (χ4n) is 1.08. The molecule has 1 unspecified atom stereocenters. The van der Waals surface area contributed by atoms with Gasteiger partial charge < -0.3 is 16.3 Å². The number of hydrogen-bond donors (Lipinski definition) is 3. The van der Waals surface area contributed by atoms with Gasteiger partial charge in [0, 0.05) is 6.04 Å². The predicted octanol–water partition coefficient (Wildman–Crippen LogP) is 0.901. The lowest BCUT2D eigenvalue weighted by Crippen LogP contribution is -2.36. The summed E-state index contributed by atoms with van der Waals surface area (Å²) in [6, 6.07) is 0.482. The van der Waals surface area contributed by atoms with Crippen LogP contribution in [0.5, 0.6) is 0 Å². The molecule has 4 N–H and O–H groups in total. The number of amidine groups is 1. The molecule has 0 rings (SSSR count). The van der Waals surface area contributed by atoms with Crippen molar-refractivity contribution in [3.8, 4) is 0 Å². The molecule has 0 bridgehead atoms. The molecule has 0 aromatic heterocycles. The van der Waals surface area contributed by atoms with Crippen LogP contribution in [0.2, 0.25) is 0 Å². The number of nitrogens with one attached hydrogen (secondary N) is 1. The summed E-state index contributed by atoms with van der Waals surface area (Å²) in [4.78, 5) is 0. The third kappa shape index (κ3) is 4.96. The van der Waals surface area contributed by atoms with Gasteiger partial charge in [-0.05, 0) is 12.8 Å². The van der Waals surface area contributed by atoms with Gasteiger partial charge in [0.25, 0.3) is 0 Å². The van der Waals surface area contributed by atoms with Crippen LogP contribution in [0.25, 0.3) is 0 Å². The first-order valence-corrected chi connectivity index (χ1v) is 4.44. The van der Waals surface area contributed by atoms with Crippen LogP contribution in [-0.4, -0.2) is 23.6 Å². The highest BCUT2D eigenvalue weighted by Crippen LogP contribution is 1.99. The topological polar surface area (TPSA) is 70.6 Å². The molecule has 4 heteroatoms. The van der Waals surface area contributed by atoms with Gasteiger partial charge >= 0.3 is 0 Å². The van der Waals surface area contributed by atoms with Crippen LogP contribution >= 0.6 is 0 Å². The molecule has 0 aliphatic heterocycles. The summed E-state index contributed by atoms with van der Waals surface area (Å²) in [5.74, 6) is 0.240. The Bertz CT molecular complexity index is 136. The van der Waals surface area contributed by atoms with Gasteiger partial charge in [0.05, 0.1) is 6.54 Å². The van der Waals surface area contributed by atoms with Gasteiger partial charge in [-0.1, -0.05) is 25.4 Å². The van der Waals surface area contributed by atoms with Crippen LogP contribution in [0.3, 0.4) is 0 Å². The quantitative estimate of drug-likeness (QED) is 0.242. The largest absolute Gasteiger partial charge is 0.409 e. The third-order valence-corrected chi connectivity index (χ3v) is 1.83. The van der Waals surface area contributed by atoms with Gasteiger partial charge in [0.1, 0.15) is 0 Å². The van der Waals surface area contributed by atoms with Crippen LogP contribution < -0.4 is 11.1 Å². The first-order valence-electron chi connectivity index (χ1n) is 4.44.